The van der Waals surface area contributed by atoms with E-state index in [0.717, 1.165) is 0 Å². The summed E-state index contributed by atoms with van der Waals surface area (Å²) >= 11 is 0. The Hall–Kier alpha value is -2.24. The van der Waals surface area contributed by atoms with E-state index in [1.807, 2.05) is 0 Å². The molecule has 1 aromatic carbocycles. The van der Waals surface area contributed by atoms with Crippen molar-refractivity contribution in [3.63, 3.8) is 0 Å². The summed E-state index contributed by atoms with van der Waals surface area (Å²) in [6, 6.07) is 0. The molecule has 4 N–H and O–H groups in total. The number of carbonyl (C=O) groups excluding carboxylic acids is 2. The average Bonchev–Trinajstić information content (AvgIpc) is 2.27. The van der Waals surface area contributed by atoms with Gasteiger partial charge in [0, 0.05) is 12.0 Å². The smallest absolute Gasteiger partial charge is 0.232 e. The Balaban J connectivity index is 2.82. The van der Waals surface area contributed by atoms with Crippen molar-refractivity contribution < 1.29 is 30.0 Å². The van der Waals surface area contributed by atoms with Gasteiger partial charge in [0.15, 0.2) is 11.5 Å². The van der Waals surface area contributed by atoms with Crippen molar-refractivity contribution in [3.05, 3.63) is 11.1 Å². The fraction of sp³-hybridized carbons (Fsp3) is 0.200. The summed E-state index contributed by atoms with van der Waals surface area (Å²) in [7, 11) is 0. The fourth-order valence-electron chi connectivity index (χ4n) is 1.73. The molecule has 1 aromatic rings. The summed E-state index contributed by atoms with van der Waals surface area (Å²) < 4.78 is 0. The highest BCUT2D eigenvalue weighted by molar-refractivity contribution is 6.45. The number of aromatic hydroxyl groups is 4. The zero-order valence-electron chi connectivity index (χ0n) is 8.02. The van der Waals surface area contributed by atoms with Crippen molar-refractivity contribution in [3.8, 4) is 23.0 Å². The molecule has 16 heavy (non-hydrogen) atoms. The number of benzene rings is 1. The Morgan fingerprint density at radius 2 is 1.31 bits per heavy atom. The molecule has 0 atom stereocenters. The van der Waals surface area contributed by atoms with Gasteiger partial charge in [0.05, 0.1) is 5.56 Å². The minimum atomic E-state index is -1.00. The summed E-state index contributed by atoms with van der Waals surface area (Å²) in [5.41, 5.74) is -0.443. The van der Waals surface area contributed by atoms with E-state index in [0.29, 0.717) is 0 Å². The largest absolute Gasteiger partial charge is 0.504 e. The van der Waals surface area contributed by atoms with Crippen molar-refractivity contribution in [2.24, 2.45) is 0 Å². The highest BCUT2D eigenvalue weighted by Gasteiger charge is 2.34. The van der Waals surface area contributed by atoms with Crippen molar-refractivity contribution >= 4 is 11.6 Å². The lowest BCUT2D eigenvalue weighted by Gasteiger charge is -2.18. The predicted molar refractivity (Wildman–Crippen MR) is 50.8 cm³/mol. The number of rotatable bonds is 0. The molecule has 0 radical (unpaired) electrons. The van der Waals surface area contributed by atoms with Gasteiger partial charge in [-0.15, -0.1) is 0 Å². The number of Topliss-reactive ketones (excluding diaryl/α,β-unsaturated/α-hetero) is 2. The van der Waals surface area contributed by atoms with E-state index >= 15 is 0 Å². The molecule has 0 saturated heterocycles. The van der Waals surface area contributed by atoms with Crippen LogP contribution in [0.3, 0.4) is 0 Å². The topological polar surface area (TPSA) is 115 Å². The molecular weight excluding hydrogens is 216 g/mol. The van der Waals surface area contributed by atoms with Crippen LogP contribution in [0.25, 0.3) is 0 Å². The maximum Gasteiger partial charge on any atom is 0.232 e. The summed E-state index contributed by atoms with van der Waals surface area (Å²) in [4.78, 5) is 22.6. The number of phenols is 4. The van der Waals surface area contributed by atoms with Gasteiger partial charge >= 0.3 is 0 Å². The Morgan fingerprint density at radius 1 is 0.750 bits per heavy atom. The average molecular weight is 224 g/mol. The monoisotopic (exact) mass is 224 g/mol. The Morgan fingerprint density at radius 3 is 1.94 bits per heavy atom. The summed E-state index contributed by atoms with van der Waals surface area (Å²) in [5.74, 6) is -5.11. The molecule has 0 unspecified atom stereocenters. The van der Waals surface area contributed by atoms with Gasteiger partial charge < -0.3 is 20.4 Å². The van der Waals surface area contributed by atoms with E-state index in [4.69, 9.17) is 0 Å². The van der Waals surface area contributed by atoms with Crippen LogP contribution in [0, 0.1) is 0 Å². The lowest BCUT2D eigenvalue weighted by atomic mass is 9.87. The third kappa shape index (κ3) is 1.13. The first-order valence-corrected chi connectivity index (χ1v) is 4.51. The minimum absolute atomic E-state index is 0.0163. The van der Waals surface area contributed by atoms with Crippen LogP contribution >= 0.6 is 0 Å². The van der Waals surface area contributed by atoms with E-state index in [1.165, 1.54) is 0 Å². The number of carbonyl (C=O) groups is 2. The molecule has 6 nitrogen and oxygen atoms in total. The highest BCUT2D eigenvalue weighted by atomic mass is 16.3. The number of hydrogen-bond acceptors (Lipinski definition) is 6. The van der Waals surface area contributed by atoms with Crippen LogP contribution in [0.5, 0.6) is 23.0 Å². The van der Waals surface area contributed by atoms with Crippen LogP contribution in [0.1, 0.15) is 22.3 Å². The standard InChI is InChI=1S/C10H8O6/c11-4-2-1-3-5(7(4)13)8(14)10(16)9(15)6(3)12/h12,14-16H,1-2H2. The second kappa shape index (κ2) is 3.13. The minimum Gasteiger partial charge on any atom is -0.504 e. The Labute approximate surface area is 89.4 Å². The van der Waals surface area contributed by atoms with E-state index in [9.17, 15) is 30.0 Å². The molecule has 1 aliphatic carbocycles. The SMILES string of the molecule is O=C1CCc2c(O)c(O)c(O)c(O)c2C1=O. The maximum atomic E-state index is 11.4. The Kier molecular flexibility index (Phi) is 2.01. The molecular formula is C10H8O6. The van der Waals surface area contributed by atoms with Gasteiger partial charge in [-0.2, -0.15) is 0 Å². The van der Waals surface area contributed by atoms with Crippen molar-refractivity contribution in [1.29, 1.82) is 0 Å². The molecule has 0 aromatic heterocycles. The number of fused-ring (bicyclic) bond motifs is 1. The molecule has 6 heteroatoms. The highest BCUT2D eigenvalue weighted by Crippen LogP contribution is 2.48. The molecule has 0 amide bonds. The first-order valence-electron chi connectivity index (χ1n) is 4.51. The Bertz CT molecular complexity index is 517. The number of phenolic OH excluding ortho intramolecular Hbond substituents is 4. The van der Waals surface area contributed by atoms with E-state index in [2.05, 4.69) is 0 Å². The first kappa shape index (κ1) is 10.3. The summed E-state index contributed by atoms with van der Waals surface area (Å²) in [5, 5.41) is 37.4. The molecule has 0 bridgehead atoms. The van der Waals surface area contributed by atoms with Crippen LogP contribution in [0.4, 0.5) is 0 Å². The third-order valence-electron chi connectivity index (χ3n) is 2.58. The lowest BCUT2D eigenvalue weighted by molar-refractivity contribution is -0.115. The van der Waals surface area contributed by atoms with Crippen LogP contribution in [0.15, 0.2) is 0 Å². The van der Waals surface area contributed by atoms with Gasteiger partial charge in [-0.25, -0.2) is 0 Å². The normalized spacial score (nSPS) is 15.0. The number of hydrogen-bond donors (Lipinski definition) is 4. The zero-order valence-corrected chi connectivity index (χ0v) is 8.02. The lowest BCUT2D eigenvalue weighted by Crippen LogP contribution is -2.22. The summed E-state index contributed by atoms with van der Waals surface area (Å²) in [6.45, 7) is 0. The zero-order chi connectivity index (χ0) is 12.0. The van der Waals surface area contributed by atoms with Crippen molar-refractivity contribution in [2.75, 3.05) is 0 Å². The molecule has 84 valence electrons. The fourth-order valence-corrected chi connectivity index (χ4v) is 1.73. The van der Waals surface area contributed by atoms with Crippen LogP contribution in [-0.2, 0) is 11.2 Å². The van der Waals surface area contributed by atoms with E-state index in [1.54, 1.807) is 0 Å². The third-order valence-corrected chi connectivity index (χ3v) is 2.58. The van der Waals surface area contributed by atoms with Crippen LogP contribution in [0.2, 0.25) is 0 Å². The predicted octanol–water partition coefficient (Wildman–Crippen LogP) is 0.207. The molecule has 2 rings (SSSR count). The van der Waals surface area contributed by atoms with Gasteiger partial charge in [-0.1, -0.05) is 0 Å². The maximum absolute atomic E-state index is 11.4. The van der Waals surface area contributed by atoms with Crippen LogP contribution < -0.4 is 0 Å². The molecule has 0 saturated carbocycles. The van der Waals surface area contributed by atoms with Crippen molar-refractivity contribution in [1.82, 2.24) is 0 Å². The molecule has 1 aliphatic rings. The van der Waals surface area contributed by atoms with Gasteiger partial charge in [0.1, 0.15) is 0 Å². The van der Waals surface area contributed by atoms with Gasteiger partial charge in [-0.05, 0) is 6.42 Å². The van der Waals surface area contributed by atoms with Crippen LogP contribution in [-0.4, -0.2) is 32.0 Å². The van der Waals surface area contributed by atoms with E-state index < -0.39 is 40.1 Å². The molecule has 0 aliphatic heterocycles. The second-order valence-corrected chi connectivity index (χ2v) is 3.50. The van der Waals surface area contributed by atoms with Crippen molar-refractivity contribution in [2.45, 2.75) is 12.8 Å². The molecule has 0 spiro atoms. The van der Waals surface area contributed by atoms with Gasteiger partial charge in [-0.3, -0.25) is 9.59 Å². The van der Waals surface area contributed by atoms with Gasteiger partial charge in [0.25, 0.3) is 0 Å². The molecule has 0 fully saturated rings. The second-order valence-electron chi connectivity index (χ2n) is 3.50. The summed E-state index contributed by atoms with van der Waals surface area (Å²) in [6.07, 6.45) is -0.0593. The quantitative estimate of drug-likeness (QED) is 0.284. The molecule has 0 heterocycles. The van der Waals surface area contributed by atoms with Gasteiger partial charge in [0.2, 0.25) is 23.1 Å². The number of ketones is 2. The van der Waals surface area contributed by atoms with E-state index in [-0.39, 0.29) is 18.4 Å². The first-order chi connectivity index (χ1) is 7.45.